The highest BCUT2D eigenvalue weighted by Crippen LogP contribution is 2.37. The molecule has 0 aromatic carbocycles. The van der Waals surface area contributed by atoms with Crippen molar-refractivity contribution in [3.63, 3.8) is 0 Å². The molecule has 3 aromatic rings. The van der Waals surface area contributed by atoms with Crippen molar-refractivity contribution in [2.45, 2.75) is 26.3 Å². The highest BCUT2D eigenvalue weighted by atomic mass is 19.4. The SMILES string of the molecule is Cc1cc(C(F)(F)F)c(-c2nc(N3CCOCC3)c3nc4n(c3n2)CCOC4)cn1. The molecular formula is C19H19F3N6O2. The summed E-state index contributed by atoms with van der Waals surface area (Å²) in [6.45, 7) is 5.04. The third kappa shape index (κ3) is 3.27. The zero-order valence-corrected chi connectivity index (χ0v) is 16.2. The zero-order chi connectivity index (χ0) is 20.9. The number of hydrogen-bond acceptors (Lipinski definition) is 7. The van der Waals surface area contributed by atoms with Crippen LogP contribution in [0.5, 0.6) is 0 Å². The average Bonchev–Trinajstić information content (AvgIpc) is 3.12. The molecule has 0 N–H and O–H groups in total. The lowest BCUT2D eigenvalue weighted by Crippen LogP contribution is -2.37. The molecule has 5 heterocycles. The molecule has 1 saturated heterocycles. The van der Waals surface area contributed by atoms with Gasteiger partial charge in [0.25, 0.3) is 0 Å². The highest BCUT2D eigenvalue weighted by molar-refractivity contribution is 5.86. The molecular weight excluding hydrogens is 401 g/mol. The van der Waals surface area contributed by atoms with Crippen LogP contribution in [0.3, 0.4) is 0 Å². The number of aromatic nitrogens is 5. The number of rotatable bonds is 2. The largest absolute Gasteiger partial charge is 0.417 e. The Balaban J connectivity index is 1.76. The first-order chi connectivity index (χ1) is 14.4. The lowest BCUT2D eigenvalue weighted by atomic mass is 10.1. The minimum absolute atomic E-state index is 0.0157. The van der Waals surface area contributed by atoms with Crippen LogP contribution in [0.15, 0.2) is 12.3 Å². The van der Waals surface area contributed by atoms with Crippen LogP contribution in [-0.4, -0.2) is 57.4 Å². The van der Waals surface area contributed by atoms with Gasteiger partial charge in [0.15, 0.2) is 22.8 Å². The number of fused-ring (bicyclic) bond motifs is 3. The summed E-state index contributed by atoms with van der Waals surface area (Å²) < 4.78 is 54.0. The van der Waals surface area contributed by atoms with E-state index in [-0.39, 0.29) is 17.1 Å². The second-order valence-corrected chi connectivity index (χ2v) is 7.24. The molecule has 5 rings (SSSR count). The Labute approximate surface area is 169 Å². The number of anilines is 1. The van der Waals surface area contributed by atoms with Gasteiger partial charge in [0.2, 0.25) is 0 Å². The molecule has 0 bridgehead atoms. The maximum Gasteiger partial charge on any atom is 0.417 e. The summed E-state index contributed by atoms with van der Waals surface area (Å²) in [5.41, 5.74) is 0.402. The Morgan fingerprint density at radius 2 is 1.77 bits per heavy atom. The number of alkyl halides is 3. The first-order valence-electron chi connectivity index (χ1n) is 9.63. The number of pyridine rings is 1. The first kappa shape index (κ1) is 19.2. The molecule has 1 fully saturated rings. The van der Waals surface area contributed by atoms with Crippen LogP contribution in [0.1, 0.15) is 17.1 Å². The molecule has 2 aliphatic heterocycles. The molecule has 30 heavy (non-hydrogen) atoms. The molecule has 0 radical (unpaired) electrons. The Hall–Kier alpha value is -2.79. The normalized spacial score (nSPS) is 17.4. The standard InChI is InChI=1S/C19H19F3N6O2/c1-11-8-13(19(20,21)22)12(9-23-11)16-25-17(27-2-5-29-6-3-27)15-18(26-16)28-4-7-30-10-14(28)24-15/h8-9H,2-7,10H2,1H3. The van der Waals surface area contributed by atoms with Gasteiger partial charge >= 0.3 is 6.18 Å². The van der Waals surface area contributed by atoms with Crippen LogP contribution in [0, 0.1) is 6.92 Å². The van der Waals surface area contributed by atoms with Crippen LogP contribution >= 0.6 is 0 Å². The van der Waals surface area contributed by atoms with Gasteiger partial charge in [0.1, 0.15) is 12.4 Å². The number of morpholine rings is 1. The van der Waals surface area contributed by atoms with Gasteiger partial charge in [0.05, 0.1) is 25.4 Å². The van der Waals surface area contributed by atoms with E-state index in [0.29, 0.717) is 68.9 Å². The van der Waals surface area contributed by atoms with Crippen LogP contribution < -0.4 is 4.90 Å². The highest BCUT2D eigenvalue weighted by Gasteiger charge is 2.36. The Kier molecular flexibility index (Phi) is 4.58. The van der Waals surface area contributed by atoms with Gasteiger partial charge in [0, 0.05) is 37.1 Å². The summed E-state index contributed by atoms with van der Waals surface area (Å²) in [7, 11) is 0. The lowest BCUT2D eigenvalue weighted by molar-refractivity contribution is -0.137. The van der Waals surface area contributed by atoms with Crippen molar-refractivity contribution < 1.29 is 22.6 Å². The molecule has 0 saturated carbocycles. The van der Waals surface area contributed by atoms with E-state index < -0.39 is 11.7 Å². The zero-order valence-electron chi connectivity index (χ0n) is 16.2. The van der Waals surface area contributed by atoms with E-state index in [0.717, 1.165) is 6.07 Å². The van der Waals surface area contributed by atoms with Crippen LogP contribution in [0.25, 0.3) is 22.6 Å². The molecule has 0 aliphatic carbocycles. The van der Waals surface area contributed by atoms with Crippen molar-refractivity contribution in [2.75, 3.05) is 37.8 Å². The molecule has 2 aliphatic rings. The molecule has 0 atom stereocenters. The molecule has 11 heteroatoms. The fourth-order valence-corrected chi connectivity index (χ4v) is 3.78. The van der Waals surface area contributed by atoms with E-state index in [2.05, 4.69) is 19.9 Å². The van der Waals surface area contributed by atoms with E-state index in [1.54, 1.807) is 0 Å². The Morgan fingerprint density at radius 3 is 2.53 bits per heavy atom. The number of ether oxygens (including phenoxy) is 2. The monoisotopic (exact) mass is 420 g/mol. The summed E-state index contributed by atoms with van der Waals surface area (Å²) in [6.07, 6.45) is -3.36. The van der Waals surface area contributed by atoms with Crippen LogP contribution in [0.4, 0.5) is 19.0 Å². The van der Waals surface area contributed by atoms with Crippen molar-refractivity contribution in [3.05, 3.63) is 29.3 Å². The fourth-order valence-electron chi connectivity index (χ4n) is 3.78. The number of imidazole rings is 1. The van der Waals surface area contributed by atoms with Crippen LogP contribution in [0.2, 0.25) is 0 Å². The second kappa shape index (κ2) is 7.17. The van der Waals surface area contributed by atoms with Gasteiger partial charge < -0.3 is 18.9 Å². The van der Waals surface area contributed by atoms with E-state index in [1.807, 2.05) is 9.47 Å². The quantitative estimate of drug-likeness (QED) is 0.631. The molecule has 0 amide bonds. The van der Waals surface area contributed by atoms with Crippen LogP contribution in [-0.2, 0) is 28.8 Å². The molecule has 8 nitrogen and oxygen atoms in total. The van der Waals surface area contributed by atoms with E-state index in [4.69, 9.17) is 9.47 Å². The van der Waals surface area contributed by atoms with Crippen molar-refractivity contribution in [2.24, 2.45) is 0 Å². The van der Waals surface area contributed by atoms with Crippen molar-refractivity contribution in [1.82, 2.24) is 24.5 Å². The third-order valence-electron chi connectivity index (χ3n) is 5.24. The van der Waals surface area contributed by atoms with Gasteiger partial charge in [-0.25, -0.2) is 15.0 Å². The first-order valence-corrected chi connectivity index (χ1v) is 9.63. The molecule has 0 spiro atoms. The topological polar surface area (TPSA) is 78.2 Å². The summed E-state index contributed by atoms with van der Waals surface area (Å²) in [6, 6.07) is 1.02. The predicted molar refractivity (Wildman–Crippen MR) is 101 cm³/mol. The maximum atomic E-state index is 13.8. The number of halogens is 3. The Bertz CT molecular complexity index is 1110. The van der Waals surface area contributed by atoms with Gasteiger partial charge in [-0.2, -0.15) is 13.2 Å². The third-order valence-corrected chi connectivity index (χ3v) is 5.24. The average molecular weight is 420 g/mol. The van der Waals surface area contributed by atoms with E-state index in [1.165, 1.54) is 13.1 Å². The lowest BCUT2D eigenvalue weighted by Gasteiger charge is -2.28. The van der Waals surface area contributed by atoms with E-state index in [9.17, 15) is 13.2 Å². The van der Waals surface area contributed by atoms with Gasteiger partial charge in [-0.1, -0.05) is 0 Å². The predicted octanol–water partition coefficient (Wildman–Crippen LogP) is 2.58. The summed E-state index contributed by atoms with van der Waals surface area (Å²) in [4.78, 5) is 19.7. The summed E-state index contributed by atoms with van der Waals surface area (Å²) >= 11 is 0. The molecule has 0 unspecified atom stereocenters. The number of aryl methyl sites for hydroxylation is 1. The Morgan fingerprint density at radius 1 is 1.00 bits per heavy atom. The van der Waals surface area contributed by atoms with Crippen molar-refractivity contribution in [3.8, 4) is 11.4 Å². The summed E-state index contributed by atoms with van der Waals surface area (Å²) in [5, 5.41) is 0. The number of hydrogen-bond donors (Lipinski definition) is 0. The van der Waals surface area contributed by atoms with E-state index >= 15 is 0 Å². The van der Waals surface area contributed by atoms with Gasteiger partial charge in [-0.3, -0.25) is 4.98 Å². The van der Waals surface area contributed by atoms with Gasteiger partial charge in [-0.05, 0) is 13.0 Å². The van der Waals surface area contributed by atoms with Crippen molar-refractivity contribution >= 4 is 17.0 Å². The fraction of sp³-hybridized carbons (Fsp3) is 0.474. The molecule has 3 aromatic heterocycles. The summed E-state index contributed by atoms with van der Waals surface area (Å²) in [5.74, 6) is 1.18. The molecule has 158 valence electrons. The van der Waals surface area contributed by atoms with Gasteiger partial charge in [-0.15, -0.1) is 0 Å². The minimum atomic E-state index is -4.55. The number of nitrogens with zero attached hydrogens (tertiary/aromatic N) is 6. The minimum Gasteiger partial charge on any atom is -0.378 e. The maximum absolute atomic E-state index is 13.8. The smallest absolute Gasteiger partial charge is 0.378 e. The van der Waals surface area contributed by atoms with Crippen molar-refractivity contribution in [1.29, 1.82) is 0 Å². The second-order valence-electron chi connectivity index (χ2n) is 7.24.